The third-order valence-corrected chi connectivity index (χ3v) is 4.69. The minimum Gasteiger partial charge on any atom is -0.352 e. The Morgan fingerprint density at radius 3 is 3.09 bits per heavy atom. The van der Waals surface area contributed by atoms with Crippen molar-refractivity contribution >= 4 is 16.9 Å². The Kier molecular flexibility index (Phi) is 4.66. The highest BCUT2D eigenvalue weighted by Gasteiger charge is 2.22. The summed E-state index contributed by atoms with van der Waals surface area (Å²) in [5.41, 5.74) is 2.51. The molecule has 124 valence electrons. The molecule has 2 N–H and O–H groups in total. The lowest BCUT2D eigenvalue weighted by Crippen LogP contribution is -2.43. The van der Waals surface area contributed by atoms with Gasteiger partial charge in [-0.2, -0.15) is 0 Å². The molecular weight excluding hydrogens is 288 g/mol. The van der Waals surface area contributed by atoms with Crippen LogP contribution in [0.4, 0.5) is 0 Å². The number of hydrogen-bond donors (Lipinski definition) is 2. The van der Waals surface area contributed by atoms with Crippen LogP contribution in [0, 0.1) is 12.8 Å². The van der Waals surface area contributed by atoms with Gasteiger partial charge in [0, 0.05) is 24.7 Å². The van der Waals surface area contributed by atoms with Crippen LogP contribution in [0.2, 0.25) is 0 Å². The van der Waals surface area contributed by atoms with Crippen molar-refractivity contribution in [1.29, 1.82) is 0 Å². The van der Waals surface area contributed by atoms with E-state index >= 15 is 0 Å². The highest BCUT2D eigenvalue weighted by molar-refractivity contribution is 5.97. The number of carbonyl (C=O) groups excluding carboxylic acids is 1. The van der Waals surface area contributed by atoms with Crippen LogP contribution in [0.1, 0.15) is 42.9 Å². The monoisotopic (exact) mass is 314 g/mol. The second-order valence-corrected chi connectivity index (χ2v) is 6.86. The first kappa shape index (κ1) is 16.0. The molecule has 1 aliphatic rings. The van der Waals surface area contributed by atoms with Crippen LogP contribution < -0.4 is 5.32 Å². The number of imidazole rings is 1. The average molecular weight is 314 g/mol. The average Bonchev–Trinajstić information content (AvgIpc) is 2.91. The minimum absolute atomic E-state index is 0.000762. The number of nitrogens with one attached hydrogen (secondary N) is 2. The SMILES string of the molecule is Cc1nc2ccc(C(=O)NCC3CCCN(C(C)C)C3)cc2[nH]1. The number of nitrogens with zero attached hydrogens (tertiary/aromatic N) is 2. The van der Waals surface area contributed by atoms with Gasteiger partial charge < -0.3 is 15.2 Å². The van der Waals surface area contributed by atoms with Gasteiger partial charge in [-0.15, -0.1) is 0 Å². The van der Waals surface area contributed by atoms with E-state index in [1.165, 1.54) is 19.4 Å². The van der Waals surface area contributed by atoms with Crippen molar-refractivity contribution in [3.8, 4) is 0 Å². The standard InChI is InChI=1S/C18H26N4O/c1-12(2)22-8-4-5-14(11-22)10-19-18(23)15-6-7-16-17(9-15)21-13(3)20-16/h6-7,9,12,14H,4-5,8,10-11H2,1-3H3,(H,19,23)(H,20,21). The van der Waals surface area contributed by atoms with E-state index in [0.29, 0.717) is 17.5 Å². The lowest BCUT2D eigenvalue weighted by atomic mass is 9.97. The first-order chi connectivity index (χ1) is 11.0. The fraction of sp³-hybridized carbons (Fsp3) is 0.556. The summed E-state index contributed by atoms with van der Waals surface area (Å²) >= 11 is 0. The van der Waals surface area contributed by atoms with E-state index < -0.39 is 0 Å². The van der Waals surface area contributed by atoms with E-state index in [1.54, 1.807) is 0 Å². The fourth-order valence-electron chi connectivity index (χ4n) is 3.35. The number of aryl methyl sites for hydroxylation is 1. The molecule has 23 heavy (non-hydrogen) atoms. The number of rotatable bonds is 4. The van der Waals surface area contributed by atoms with Crippen LogP contribution in [0.3, 0.4) is 0 Å². The molecule has 1 unspecified atom stereocenters. The van der Waals surface area contributed by atoms with Crippen molar-refractivity contribution in [2.24, 2.45) is 5.92 Å². The van der Waals surface area contributed by atoms with E-state index in [9.17, 15) is 4.79 Å². The number of H-pyrrole nitrogens is 1. The number of carbonyl (C=O) groups is 1. The van der Waals surface area contributed by atoms with E-state index in [4.69, 9.17) is 0 Å². The highest BCUT2D eigenvalue weighted by atomic mass is 16.1. The molecule has 0 radical (unpaired) electrons. The van der Waals surface area contributed by atoms with Gasteiger partial charge in [-0.3, -0.25) is 4.79 Å². The summed E-state index contributed by atoms with van der Waals surface area (Å²) in [5, 5.41) is 3.10. The lowest BCUT2D eigenvalue weighted by Gasteiger charge is -2.35. The van der Waals surface area contributed by atoms with Crippen molar-refractivity contribution in [3.05, 3.63) is 29.6 Å². The Bertz CT molecular complexity index is 691. The molecule has 5 heteroatoms. The molecule has 1 aliphatic heterocycles. The highest BCUT2D eigenvalue weighted by Crippen LogP contribution is 2.18. The molecule has 3 rings (SSSR count). The van der Waals surface area contributed by atoms with Crippen LogP contribution in [0.5, 0.6) is 0 Å². The maximum Gasteiger partial charge on any atom is 0.251 e. The van der Waals surface area contributed by atoms with Gasteiger partial charge in [0.1, 0.15) is 5.82 Å². The Balaban J connectivity index is 1.59. The summed E-state index contributed by atoms with van der Waals surface area (Å²) in [5.74, 6) is 1.42. The summed E-state index contributed by atoms with van der Waals surface area (Å²) in [6.45, 7) is 9.41. The summed E-state index contributed by atoms with van der Waals surface area (Å²) in [6, 6.07) is 6.21. The summed E-state index contributed by atoms with van der Waals surface area (Å²) in [7, 11) is 0. The Morgan fingerprint density at radius 1 is 1.48 bits per heavy atom. The molecule has 0 aliphatic carbocycles. The van der Waals surface area contributed by atoms with Gasteiger partial charge in [-0.05, 0) is 64.3 Å². The van der Waals surface area contributed by atoms with Crippen molar-refractivity contribution in [1.82, 2.24) is 20.2 Å². The van der Waals surface area contributed by atoms with Gasteiger partial charge >= 0.3 is 0 Å². The fourth-order valence-corrected chi connectivity index (χ4v) is 3.35. The van der Waals surface area contributed by atoms with Gasteiger partial charge in [0.2, 0.25) is 0 Å². The molecule has 5 nitrogen and oxygen atoms in total. The molecule has 1 aromatic heterocycles. The third kappa shape index (κ3) is 3.72. The first-order valence-electron chi connectivity index (χ1n) is 8.51. The van der Waals surface area contributed by atoms with E-state index in [1.807, 2.05) is 25.1 Å². The van der Waals surface area contributed by atoms with Crippen LogP contribution in [-0.4, -0.2) is 46.5 Å². The molecule has 2 aromatic rings. The van der Waals surface area contributed by atoms with Crippen molar-refractivity contribution in [2.45, 2.75) is 39.7 Å². The molecule has 1 atom stereocenters. The van der Waals surface area contributed by atoms with E-state index in [2.05, 4.69) is 34.0 Å². The number of aromatic amines is 1. The quantitative estimate of drug-likeness (QED) is 0.912. The zero-order valence-electron chi connectivity index (χ0n) is 14.2. The van der Waals surface area contributed by atoms with Gasteiger partial charge in [0.05, 0.1) is 11.0 Å². The molecule has 0 spiro atoms. The lowest BCUT2D eigenvalue weighted by molar-refractivity contribution is 0.0923. The molecule has 2 heterocycles. The van der Waals surface area contributed by atoms with E-state index in [-0.39, 0.29) is 5.91 Å². The smallest absolute Gasteiger partial charge is 0.251 e. The maximum atomic E-state index is 12.4. The molecule has 1 amide bonds. The zero-order chi connectivity index (χ0) is 16.4. The normalized spacial score (nSPS) is 19.4. The van der Waals surface area contributed by atoms with Crippen LogP contribution in [0.15, 0.2) is 18.2 Å². The van der Waals surface area contributed by atoms with E-state index in [0.717, 1.165) is 29.9 Å². The Hall–Kier alpha value is -1.88. The number of likely N-dealkylation sites (tertiary alicyclic amines) is 1. The Morgan fingerprint density at radius 2 is 2.30 bits per heavy atom. The molecule has 1 saturated heterocycles. The first-order valence-corrected chi connectivity index (χ1v) is 8.51. The molecule has 1 fully saturated rings. The van der Waals surface area contributed by atoms with Crippen LogP contribution >= 0.6 is 0 Å². The Labute approximate surface area is 137 Å². The summed E-state index contributed by atoms with van der Waals surface area (Å²) < 4.78 is 0. The molecule has 0 saturated carbocycles. The molecule has 0 bridgehead atoms. The topological polar surface area (TPSA) is 61.0 Å². The minimum atomic E-state index is 0.000762. The number of benzene rings is 1. The van der Waals surface area contributed by atoms with Gasteiger partial charge in [-0.25, -0.2) is 4.98 Å². The number of hydrogen-bond acceptors (Lipinski definition) is 3. The van der Waals surface area contributed by atoms with Crippen molar-refractivity contribution in [2.75, 3.05) is 19.6 Å². The molecular formula is C18H26N4O. The second-order valence-electron chi connectivity index (χ2n) is 6.86. The molecule has 1 aromatic carbocycles. The van der Waals surface area contributed by atoms with Gasteiger partial charge in [0.15, 0.2) is 0 Å². The third-order valence-electron chi connectivity index (χ3n) is 4.69. The maximum absolute atomic E-state index is 12.4. The predicted molar refractivity (Wildman–Crippen MR) is 92.6 cm³/mol. The number of amides is 1. The van der Waals surface area contributed by atoms with Crippen molar-refractivity contribution < 1.29 is 4.79 Å². The van der Waals surface area contributed by atoms with Gasteiger partial charge in [-0.1, -0.05) is 0 Å². The van der Waals surface area contributed by atoms with Crippen molar-refractivity contribution in [3.63, 3.8) is 0 Å². The number of piperidine rings is 1. The second kappa shape index (κ2) is 6.71. The van der Waals surface area contributed by atoms with Crippen LogP contribution in [-0.2, 0) is 0 Å². The number of fused-ring (bicyclic) bond motifs is 1. The largest absolute Gasteiger partial charge is 0.352 e. The number of aromatic nitrogens is 2. The van der Waals surface area contributed by atoms with Crippen LogP contribution in [0.25, 0.3) is 11.0 Å². The zero-order valence-corrected chi connectivity index (χ0v) is 14.2. The summed E-state index contributed by atoms with van der Waals surface area (Å²) in [6.07, 6.45) is 2.42. The summed E-state index contributed by atoms with van der Waals surface area (Å²) in [4.78, 5) is 22.4. The predicted octanol–water partition coefficient (Wildman–Crippen LogP) is 2.72. The van der Waals surface area contributed by atoms with Gasteiger partial charge in [0.25, 0.3) is 5.91 Å².